The molecule has 10 aromatic rings. The molecule has 0 aromatic carbocycles. The molecule has 5 atom stereocenters. The van der Waals surface area contributed by atoms with Crippen molar-refractivity contribution in [1.82, 2.24) is 100 Å². The molecule has 10 aromatic heterocycles. The van der Waals surface area contributed by atoms with E-state index in [1.165, 1.54) is 13.8 Å². The summed E-state index contributed by atoms with van der Waals surface area (Å²) in [7, 11) is 0. The van der Waals surface area contributed by atoms with Gasteiger partial charge in [-0.3, -0.25) is 24.0 Å². The summed E-state index contributed by atoms with van der Waals surface area (Å²) in [5, 5.41) is 16.4. The van der Waals surface area contributed by atoms with E-state index in [2.05, 4.69) is 112 Å². The van der Waals surface area contributed by atoms with Crippen molar-refractivity contribution in [3.63, 3.8) is 0 Å². The SMILES string of the molecule is [2H]C([2H])([2H])N1CC[C@@](c2nc(Cl)c(Nc3ncc(C(F)(F)F)c(C)n3)s2)(C([2H])([2H])[2H])C1=O.[2H]C([2H])([2H])N1CC[C@@](c2nc(Cl)c(Nc3ncc(C(F)(F)F)c(C)n3)s2)(C([2H])([2H])[2H])C1=O.[2H]C([2H])([2H])N1CC[C@](c2nc(Cl)c(Nc3ncc(C(F)(F)F)c(C)n3)s2)(C([2H])([2H])[2H])C1=O.[2H]C([2H])([2H])[C@@]1(c2nc(Cl)c(Nc3ncc(C(F)(F)F)c(C)n3)s2)CCNC1=O.[2H]C([2H])([2H])[C@]1(c2nc(Cl)c(Nc3ncc(C(F)(F)F)c(C)n3)s2)CCNC1=O. The Balaban J connectivity index is 0.000000180. The fourth-order valence-corrected chi connectivity index (χ4v) is 18.1. The Morgan fingerprint density at radius 3 is 0.672 bits per heavy atom. The van der Waals surface area contributed by atoms with Crippen molar-refractivity contribution in [2.75, 3.05) is 80.2 Å². The second-order valence-corrected chi connectivity index (χ2v) is 34.2. The van der Waals surface area contributed by atoms with Gasteiger partial charge >= 0.3 is 30.9 Å². The Hall–Kier alpha value is -9.70. The summed E-state index contributed by atoms with van der Waals surface area (Å²) in [6.45, 7) is -17.5. The van der Waals surface area contributed by atoms with E-state index in [1.54, 1.807) is 0 Å². The Morgan fingerprint density at radius 2 is 0.523 bits per heavy atom. The number of likely N-dealkylation sites (tertiary alicyclic amines) is 3. The lowest BCUT2D eigenvalue weighted by Crippen LogP contribution is -2.33. The van der Waals surface area contributed by atoms with E-state index in [-0.39, 0.29) is 199 Å². The number of amides is 5. The molecular weight excluding hydrogens is 1930 g/mol. The third-order valence-corrected chi connectivity index (χ3v) is 26.2. The number of likely N-dealkylation sites (N-methyl/N-ethyl adjacent to an activating group) is 3. The van der Waals surface area contributed by atoms with Gasteiger partial charge in [0.2, 0.25) is 59.3 Å². The second-order valence-electron chi connectivity index (χ2n) is 27.4. The van der Waals surface area contributed by atoms with Crippen LogP contribution in [0.25, 0.3) is 0 Å². The van der Waals surface area contributed by atoms with E-state index < -0.39 is 170 Å². The van der Waals surface area contributed by atoms with Crippen LogP contribution in [0.3, 0.4) is 0 Å². The fourth-order valence-electron chi connectivity index (χ4n) is 11.8. The highest BCUT2D eigenvalue weighted by Crippen LogP contribution is 2.49. The number of nitrogens with one attached hydrogen (secondary N) is 7. The summed E-state index contributed by atoms with van der Waals surface area (Å²) >= 11 is 34.0. The molecule has 0 radical (unpaired) electrons. The van der Waals surface area contributed by atoms with Gasteiger partial charge in [-0.25, -0.2) is 74.8 Å². The van der Waals surface area contributed by atoms with Crippen molar-refractivity contribution in [2.45, 2.75) is 159 Å². The second kappa shape index (κ2) is 37.3. The highest BCUT2D eigenvalue weighted by Gasteiger charge is 2.50. The van der Waals surface area contributed by atoms with Gasteiger partial charge in [-0.05, 0) is 101 Å². The molecule has 0 saturated carbocycles. The summed E-state index contributed by atoms with van der Waals surface area (Å²) in [4.78, 5) is 122. The summed E-state index contributed by atoms with van der Waals surface area (Å²) in [5.41, 5.74) is -17.0. The van der Waals surface area contributed by atoms with Crippen molar-refractivity contribution in [3.8, 4) is 0 Å². The van der Waals surface area contributed by atoms with Gasteiger partial charge in [0, 0.05) is 118 Å². The van der Waals surface area contributed by atoms with Gasteiger partial charge in [0.15, 0.2) is 25.8 Å². The summed E-state index contributed by atoms with van der Waals surface area (Å²) in [6.07, 6.45) is -21.0. The lowest BCUT2D eigenvalue weighted by molar-refractivity contribution is -0.139. The van der Waals surface area contributed by atoms with Crippen molar-refractivity contribution in [2.24, 2.45) is 0 Å². The molecule has 5 saturated heterocycles. The number of nitrogens with zero attached hydrogens (tertiary/aromatic N) is 18. The largest absolute Gasteiger partial charge is 0.419 e. The third kappa shape index (κ3) is 21.3. The molecule has 688 valence electrons. The van der Waals surface area contributed by atoms with Crippen LogP contribution in [0.5, 0.6) is 0 Å². The molecule has 0 aliphatic carbocycles. The Morgan fingerprint density at radius 1 is 0.328 bits per heavy atom. The summed E-state index contributed by atoms with van der Waals surface area (Å²) < 4.78 is 378. The minimum absolute atomic E-state index is 0.00964. The van der Waals surface area contributed by atoms with Crippen LogP contribution >= 0.6 is 115 Å². The zero-order chi connectivity index (χ0) is 115. The number of carbonyl (C=O) groups is 5. The fraction of sp³-hybridized carbons (Fsp3) is 0.452. The number of aromatic nitrogens is 15. The number of thiazole rings is 5. The average Bonchev–Trinajstić information content (AvgIpc) is 1.58. The van der Waals surface area contributed by atoms with Gasteiger partial charge < -0.3 is 51.9 Å². The maximum absolute atomic E-state index is 13.0. The molecule has 128 heavy (non-hydrogen) atoms. The number of rotatable bonds is 15. The molecule has 0 unspecified atom stereocenters. The molecule has 30 nitrogen and oxygen atoms in total. The van der Waals surface area contributed by atoms with Crippen LogP contribution in [-0.4, -0.2) is 173 Å². The van der Waals surface area contributed by atoms with E-state index in [4.69, 9.17) is 90.9 Å². The Bertz CT molecular complexity index is 6360. The van der Waals surface area contributed by atoms with E-state index in [1.807, 2.05) is 0 Å². The standard InChI is InChI=1S/3C15H15ClF3N5OS.2C14H13ClF3N5OS/c3*1-7-8(15(17,18)19)6-20-13(21-7)23-10-9(16)22-11(26-10)14(2)4-5-24(3)12(14)25;2*1-6-7(14(16,17)18)5-20-12(21-6)23-9-8(15)22-11(25-9)13(2)3-4-19-10(13)24/h3*6H,4-5H2,1-3H3,(H,20,21,23);2*5H,3-4H2,1-2H3,(H,19,24)(H,20,21,23)/t3*14-;2*13-/m11010/s1/i3*2D3,3D3;2*2D3. The van der Waals surface area contributed by atoms with E-state index in [0.717, 1.165) is 43.4 Å². The zero-order valence-electron chi connectivity index (χ0n) is 88.6. The van der Waals surface area contributed by atoms with Gasteiger partial charge in [-0.15, -0.1) is 0 Å². The van der Waals surface area contributed by atoms with E-state index >= 15 is 0 Å². The number of hydrogen-bond donors (Lipinski definition) is 7. The number of halogens is 20. The lowest BCUT2D eigenvalue weighted by Gasteiger charge is -2.18. The predicted octanol–water partition coefficient (Wildman–Crippen LogP) is 18.2. The molecule has 15 heterocycles. The number of hydrogen-bond acceptors (Lipinski definition) is 30. The molecule has 5 aliphatic rings. The first-order valence-corrected chi connectivity index (χ1v) is 41.4. The van der Waals surface area contributed by atoms with Gasteiger partial charge in [0.05, 0.1) is 83.4 Å². The number of alkyl halides is 15. The van der Waals surface area contributed by atoms with Crippen LogP contribution in [0.15, 0.2) is 31.0 Å². The molecule has 5 fully saturated rings. The van der Waals surface area contributed by atoms with Crippen molar-refractivity contribution in [3.05, 3.63) is 138 Å². The maximum atomic E-state index is 13.0. The molecule has 7 N–H and O–H groups in total. The van der Waals surface area contributed by atoms with Crippen LogP contribution in [-0.2, 0) is 81.9 Å². The topological polar surface area (TPSA) is 373 Å². The first-order chi connectivity index (χ1) is 69.2. The number of anilines is 10. The number of aryl methyl sites for hydroxylation is 5. The minimum Gasteiger partial charge on any atom is -0.355 e. The molecule has 5 aliphatic heterocycles. The molecule has 0 bridgehead atoms. The zero-order valence-corrected chi connectivity index (χ0v) is 72.5. The Labute approximate surface area is 795 Å². The van der Waals surface area contributed by atoms with Crippen molar-refractivity contribution < 1.29 is 123 Å². The monoisotopic (exact) mass is 2020 g/mol. The van der Waals surface area contributed by atoms with Crippen LogP contribution < -0.4 is 37.2 Å². The van der Waals surface area contributed by atoms with Crippen LogP contribution in [0.2, 0.25) is 25.8 Å². The molecule has 15 rings (SSSR count). The van der Waals surface area contributed by atoms with E-state index in [0.29, 0.717) is 79.7 Å². The minimum atomic E-state index is -4.64. The summed E-state index contributed by atoms with van der Waals surface area (Å²) in [6, 6.07) is 0. The van der Waals surface area contributed by atoms with Crippen molar-refractivity contribution >= 4 is 199 Å². The molecule has 0 spiro atoms. The normalized spacial score (nSPS) is 24.3. The maximum Gasteiger partial charge on any atom is 0.419 e. The average molecular weight is 2030 g/mol. The molecule has 55 heteroatoms. The smallest absolute Gasteiger partial charge is 0.355 e. The van der Waals surface area contributed by atoms with E-state index in [9.17, 15) is 89.8 Å². The number of carbonyl (C=O) groups excluding carboxylic acids is 5. The quantitative estimate of drug-likeness (QED) is 0.0469. The van der Waals surface area contributed by atoms with Crippen LogP contribution in [0, 0.1) is 34.6 Å². The highest BCUT2D eigenvalue weighted by atomic mass is 35.5. The van der Waals surface area contributed by atoms with Crippen molar-refractivity contribution in [1.29, 1.82) is 0 Å². The predicted molar refractivity (Wildman–Crippen MR) is 450 cm³/mol. The molecular formula is C73H71Cl5F15N25O5S5. The highest BCUT2D eigenvalue weighted by molar-refractivity contribution is 7.18. The molecule has 5 amide bonds. The Kier molecular flexibility index (Phi) is 20.4. The first kappa shape index (κ1) is 70.2. The van der Waals surface area contributed by atoms with Gasteiger partial charge in [0.1, 0.15) is 50.0 Å². The van der Waals surface area contributed by atoms with Crippen LogP contribution in [0.4, 0.5) is 121 Å². The van der Waals surface area contributed by atoms with Crippen LogP contribution in [0.1, 0.15) is 181 Å². The van der Waals surface area contributed by atoms with Gasteiger partial charge in [-0.1, -0.05) is 115 Å². The first-order valence-electron chi connectivity index (χ1n) is 47.4. The lowest BCUT2D eigenvalue weighted by atomic mass is 9.90. The third-order valence-electron chi connectivity index (χ3n) is 18.6. The summed E-state index contributed by atoms with van der Waals surface area (Å²) in [5.74, 6) is -5.82. The van der Waals surface area contributed by atoms with Gasteiger partial charge in [-0.2, -0.15) is 65.9 Å². The van der Waals surface area contributed by atoms with Gasteiger partial charge in [0.25, 0.3) is 0 Å².